The topological polar surface area (TPSA) is 17.1 Å². The second-order valence-electron chi connectivity index (χ2n) is 2.86. The third kappa shape index (κ3) is 3.03. The predicted octanol–water partition coefficient (Wildman–Crippen LogP) is 4.35. The van der Waals surface area contributed by atoms with Gasteiger partial charge in [0.25, 0.3) is 0 Å². The highest BCUT2D eigenvalue weighted by atomic mass is 35.5. The van der Waals surface area contributed by atoms with Gasteiger partial charge in [-0.25, -0.2) is 0 Å². The summed E-state index contributed by atoms with van der Waals surface area (Å²) in [7, 11) is 0. The molecule has 1 nitrogen and oxygen atoms in total. The molecule has 0 atom stereocenters. The molecule has 0 unspecified atom stereocenters. The lowest BCUT2D eigenvalue weighted by molar-refractivity contribution is -0.137. The minimum atomic E-state index is -4.62. The summed E-state index contributed by atoms with van der Waals surface area (Å²) in [4.78, 5) is 9.86. The molecule has 0 N–H and O–H groups in total. The Morgan fingerprint density at radius 1 is 1.25 bits per heavy atom. The quantitative estimate of drug-likeness (QED) is 0.585. The normalized spacial score (nSPS) is 11.9. The summed E-state index contributed by atoms with van der Waals surface area (Å²) < 4.78 is 37.3. The zero-order valence-electron chi connectivity index (χ0n) is 7.49. The van der Waals surface area contributed by atoms with E-state index in [1.54, 1.807) is 0 Å². The number of hydrogen-bond acceptors (Lipinski definition) is 1. The van der Waals surface area contributed by atoms with E-state index in [-0.39, 0.29) is 5.56 Å². The van der Waals surface area contributed by atoms with Crippen LogP contribution < -0.4 is 0 Å². The van der Waals surface area contributed by atoms with Crippen molar-refractivity contribution in [1.82, 2.24) is 0 Å². The fourth-order valence-electron chi connectivity index (χ4n) is 1.02. The first-order valence-corrected chi connectivity index (χ1v) is 5.17. The Kier molecular flexibility index (Phi) is 4.10. The summed E-state index contributed by atoms with van der Waals surface area (Å²) in [6, 6.07) is 2.74. The molecule has 0 heterocycles. The molecule has 0 spiro atoms. The Labute approximate surface area is 104 Å². The number of hydrogen-bond donors (Lipinski definition) is 0. The van der Waals surface area contributed by atoms with Crippen molar-refractivity contribution < 1.29 is 18.0 Å². The fourth-order valence-corrected chi connectivity index (χ4v) is 1.50. The Morgan fingerprint density at radius 2 is 1.81 bits per heavy atom. The SMILES string of the molecule is O=C(c1ccc(Cl)c(C(F)(F)F)c1)C(Cl)Cl. The van der Waals surface area contributed by atoms with Crippen LogP contribution in [0.2, 0.25) is 5.02 Å². The largest absolute Gasteiger partial charge is 0.417 e. The van der Waals surface area contributed by atoms with Gasteiger partial charge in [0.1, 0.15) is 0 Å². The van der Waals surface area contributed by atoms with Crippen molar-refractivity contribution in [3.8, 4) is 0 Å². The van der Waals surface area contributed by atoms with Gasteiger partial charge in [0, 0.05) is 5.56 Å². The molecular weight excluding hydrogens is 287 g/mol. The lowest BCUT2D eigenvalue weighted by atomic mass is 10.1. The van der Waals surface area contributed by atoms with Crippen LogP contribution in [0.4, 0.5) is 13.2 Å². The molecule has 0 aliphatic rings. The average molecular weight is 291 g/mol. The van der Waals surface area contributed by atoms with E-state index in [0.717, 1.165) is 12.1 Å². The number of Topliss-reactive ketones (excluding diaryl/α,β-unsaturated/α-hetero) is 1. The molecule has 1 rings (SSSR count). The summed E-state index contributed by atoms with van der Waals surface area (Å²) in [6.45, 7) is 0. The standard InChI is InChI=1S/C9H4Cl3F3O/c10-6-2-1-4(7(16)8(11)12)3-5(6)9(13,14)15/h1-3,8H. The maximum absolute atomic E-state index is 12.4. The lowest BCUT2D eigenvalue weighted by Gasteiger charge is -2.10. The zero-order chi connectivity index (χ0) is 12.5. The fraction of sp³-hybridized carbons (Fsp3) is 0.222. The molecular formula is C9H4Cl3F3O. The minimum absolute atomic E-state index is 0.230. The maximum Gasteiger partial charge on any atom is 0.417 e. The Morgan fingerprint density at radius 3 is 2.25 bits per heavy atom. The third-order valence-electron chi connectivity index (χ3n) is 1.75. The molecule has 88 valence electrons. The van der Waals surface area contributed by atoms with Crippen LogP contribution in [0.5, 0.6) is 0 Å². The first-order chi connectivity index (χ1) is 7.23. The van der Waals surface area contributed by atoms with Crippen molar-refractivity contribution in [2.45, 2.75) is 11.0 Å². The molecule has 0 amide bonds. The number of carbonyl (C=O) groups is 1. The average Bonchev–Trinajstić information content (AvgIpc) is 2.15. The molecule has 7 heteroatoms. The maximum atomic E-state index is 12.4. The van der Waals surface area contributed by atoms with E-state index in [2.05, 4.69) is 0 Å². The molecule has 0 aliphatic carbocycles. The van der Waals surface area contributed by atoms with Crippen LogP contribution in [0.3, 0.4) is 0 Å². The number of rotatable bonds is 2. The smallest absolute Gasteiger partial charge is 0.291 e. The Bertz CT molecular complexity index is 415. The summed E-state index contributed by atoms with van der Waals surface area (Å²) >= 11 is 15.9. The molecule has 0 bridgehead atoms. The van der Waals surface area contributed by atoms with Crippen molar-refractivity contribution >= 4 is 40.6 Å². The predicted molar refractivity (Wildman–Crippen MR) is 56.3 cm³/mol. The summed E-state index contributed by atoms with van der Waals surface area (Å²) in [5, 5.41) is -0.482. The van der Waals surface area contributed by atoms with Gasteiger partial charge in [-0.15, -0.1) is 0 Å². The van der Waals surface area contributed by atoms with E-state index < -0.39 is 27.4 Å². The summed E-state index contributed by atoms with van der Waals surface area (Å²) in [6.07, 6.45) is -4.62. The number of alkyl halides is 5. The molecule has 0 aromatic heterocycles. The van der Waals surface area contributed by atoms with Gasteiger partial charge in [0.2, 0.25) is 0 Å². The third-order valence-corrected chi connectivity index (χ3v) is 2.48. The van der Waals surface area contributed by atoms with Crippen LogP contribution in [0.15, 0.2) is 18.2 Å². The van der Waals surface area contributed by atoms with Crippen LogP contribution in [-0.2, 0) is 6.18 Å². The number of benzene rings is 1. The lowest BCUT2D eigenvalue weighted by Crippen LogP contribution is -2.12. The van der Waals surface area contributed by atoms with Gasteiger partial charge >= 0.3 is 6.18 Å². The number of carbonyl (C=O) groups excluding carboxylic acids is 1. The van der Waals surface area contributed by atoms with E-state index in [4.69, 9.17) is 34.8 Å². The van der Waals surface area contributed by atoms with Crippen LogP contribution in [0, 0.1) is 0 Å². The van der Waals surface area contributed by atoms with Crippen molar-refractivity contribution in [2.75, 3.05) is 0 Å². The molecule has 16 heavy (non-hydrogen) atoms. The highest BCUT2D eigenvalue weighted by molar-refractivity contribution is 6.55. The van der Waals surface area contributed by atoms with E-state index in [0.29, 0.717) is 6.07 Å². The number of ketones is 1. The van der Waals surface area contributed by atoms with E-state index in [9.17, 15) is 18.0 Å². The van der Waals surface area contributed by atoms with Crippen LogP contribution in [0.25, 0.3) is 0 Å². The molecule has 0 aliphatic heterocycles. The highest BCUT2D eigenvalue weighted by Crippen LogP contribution is 2.35. The van der Waals surface area contributed by atoms with E-state index in [1.807, 2.05) is 0 Å². The highest BCUT2D eigenvalue weighted by Gasteiger charge is 2.34. The minimum Gasteiger partial charge on any atom is -0.291 e. The molecule has 1 aromatic carbocycles. The molecule has 0 radical (unpaired) electrons. The van der Waals surface area contributed by atoms with Crippen molar-refractivity contribution in [3.63, 3.8) is 0 Å². The van der Waals surface area contributed by atoms with Crippen LogP contribution >= 0.6 is 34.8 Å². The first kappa shape index (κ1) is 13.6. The summed E-state index contributed by atoms with van der Waals surface area (Å²) in [5.74, 6) is -0.800. The van der Waals surface area contributed by atoms with Crippen LogP contribution in [-0.4, -0.2) is 10.6 Å². The van der Waals surface area contributed by atoms with E-state index >= 15 is 0 Å². The molecule has 1 aromatic rings. The second-order valence-corrected chi connectivity index (χ2v) is 4.36. The Hall–Kier alpha value is -0.450. The first-order valence-electron chi connectivity index (χ1n) is 3.92. The van der Waals surface area contributed by atoms with Gasteiger partial charge in [0.05, 0.1) is 10.6 Å². The van der Waals surface area contributed by atoms with Gasteiger partial charge in [-0.2, -0.15) is 13.2 Å². The second kappa shape index (κ2) is 4.82. The van der Waals surface area contributed by atoms with Gasteiger partial charge in [-0.05, 0) is 18.2 Å². The van der Waals surface area contributed by atoms with Crippen molar-refractivity contribution in [3.05, 3.63) is 34.3 Å². The molecule has 0 fully saturated rings. The van der Waals surface area contributed by atoms with Crippen molar-refractivity contribution in [2.24, 2.45) is 0 Å². The van der Waals surface area contributed by atoms with Gasteiger partial charge in [0.15, 0.2) is 10.6 Å². The van der Waals surface area contributed by atoms with Gasteiger partial charge in [-0.3, -0.25) is 4.79 Å². The molecule has 0 saturated carbocycles. The van der Waals surface area contributed by atoms with Gasteiger partial charge in [-0.1, -0.05) is 34.8 Å². The number of halogens is 6. The molecule has 0 saturated heterocycles. The monoisotopic (exact) mass is 290 g/mol. The van der Waals surface area contributed by atoms with Crippen molar-refractivity contribution in [1.29, 1.82) is 0 Å². The van der Waals surface area contributed by atoms with E-state index in [1.165, 1.54) is 0 Å². The summed E-state index contributed by atoms with van der Waals surface area (Å²) in [5.41, 5.74) is -1.32. The Balaban J connectivity index is 3.23. The van der Waals surface area contributed by atoms with Gasteiger partial charge < -0.3 is 0 Å². The zero-order valence-corrected chi connectivity index (χ0v) is 9.75. The van der Waals surface area contributed by atoms with Crippen LogP contribution in [0.1, 0.15) is 15.9 Å².